The van der Waals surface area contributed by atoms with Crippen LogP contribution < -0.4 is 5.56 Å². The Balaban J connectivity index is 1.73. The molecule has 0 N–H and O–H groups in total. The van der Waals surface area contributed by atoms with E-state index < -0.39 is 0 Å². The molecule has 4 rings (SSSR count). The number of aromatic nitrogens is 5. The molecule has 1 aromatic carbocycles. The predicted octanol–water partition coefficient (Wildman–Crippen LogP) is 1.41. The Labute approximate surface area is 124 Å². The van der Waals surface area contributed by atoms with Gasteiger partial charge in [0.25, 0.3) is 5.56 Å². The standard InChI is InChI=1S/C14H13N5OS/c1-18-13-11(6-15-18)14(20)19(17-16-13)7-9-8-21-12-5-3-2-4-10(9)12/h2-6,9H,7-8H2,1H3. The van der Waals surface area contributed by atoms with Gasteiger partial charge in [-0.05, 0) is 11.6 Å². The van der Waals surface area contributed by atoms with Crippen molar-refractivity contribution in [2.24, 2.45) is 7.05 Å². The molecular weight excluding hydrogens is 286 g/mol. The summed E-state index contributed by atoms with van der Waals surface area (Å²) in [6, 6.07) is 8.33. The largest absolute Gasteiger partial charge is 0.280 e. The van der Waals surface area contributed by atoms with Gasteiger partial charge in [0.05, 0.1) is 12.7 Å². The summed E-state index contributed by atoms with van der Waals surface area (Å²) in [5.41, 5.74) is 1.70. The Morgan fingerprint density at radius 2 is 2.24 bits per heavy atom. The molecule has 0 bridgehead atoms. The molecule has 0 radical (unpaired) electrons. The van der Waals surface area contributed by atoms with Crippen molar-refractivity contribution in [2.45, 2.75) is 17.4 Å². The predicted molar refractivity (Wildman–Crippen MR) is 80.5 cm³/mol. The topological polar surface area (TPSA) is 65.6 Å². The summed E-state index contributed by atoms with van der Waals surface area (Å²) >= 11 is 1.83. The van der Waals surface area contributed by atoms with Crippen molar-refractivity contribution in [3.05, 3.63) is 46.4 Å². The number of benzene rings is 1. The van der Waals surface area contributed by atoms with Gasteiger partial charge in [0.1, 0.15) is 5.39 Å². The molecule has 1 aliphatic heterocycles. The first-order chi connectivity index (χ1) is 10.2. The number of nitrogens with zero attached hydrogens (tertiary/aromatic N) is 5. The third-order valence-corrected chi connectivity index (χ3v) is 5.06. The Bertz CT molecular complexity index is 884. The van der Waals surface area contributed by atoms with Crippen molar-refractivity contribution in [3.63, 3.8) is 0 Å². The van der Waals surface area contributed by atoms with Gasteiger partial charge in [-0.2, -0.15) is 5.10 Å². The van der Waals surface area contributed by atoms with Crippen molar-refractivity contribution in [1.29, 1.82) is 0 Å². The molecule has 3 heterocycles. The lowest BCUT2D eigenvalue weighted by Crippen LogP contribution is -2.27. The SMILES string of the molecule is Cn1ncc2c(=O)n(CC3CSc4ccccc43)nnc21. The normalized spacial score (nSPS) is 17.3. The van der Waals surface area contributed by atoms with Crippen LogP contribution in [0.1, 0.15) is 11.5 Å². The first kappa shape index (κ1) is 12.6. The molecule has 6 nitrogen and oxygen atoms in total. The fourth-order valence-corrected chi connectivity index (χ4v) is 3.93. The molecule has 0 aliphatic carbocycles. The zero-order chi connectivity index (χ0) is 14.4. The van der Waals surface area contributed by atoms with Crippen molar-refractivity contribution in [1.82, 2.24) is 24.8 Å². The van der Waals surface area contributed by atoms with E-state index in [-0.39, 0.29) is 5.56 Å². The summed E-state index contributed by atoms with van der Waals surface area (Å²) in [4.78, 5) is 13.7. The van der Waals surface area contributed by atoms with E-state index >= 15 is 0 Å². The summed E-state index contributed by atoms with van der Waals surface area (Å²) in [5.74, 6) is 1.27. The van der Waals surface area contributed by atoms with Gasteiger partial charge >= 0.3 is 0 Å². The number of thioether (sulfide) groups is 1. The highest BCUT2D eigenvalue weighted by atomic mass is 32.2. The lowest BCUT2D eigenvalue weighted by Gasteiger charge is -2.11. The van der Waals surface area contributed by atoms with Crippen LogP contribution in [-0.2, 0) is 13.6 Å². The molecule has 1 unspecified atom stereocenters. The van der Waals surface area contributed by atoms with Crippen LogP contribution in [0.5, 0.6) is 0 Å². The summed E-state index contributed by atoms with van der Waals surface area (Å²) in [6.45, 7) is 0.556. The van der Waals surface area contributed by atoms with Crippen LogP contribution >= 0.6 is 11.8 Å². The first-order valence-corrected chi connectivity index (χ1v) is 7.70. The van der Waals surface area contributed by atoms with Crippen LogP contribution in [0.4, 0.5) is 0 Å². The Morgan fingerprint density at radius 1 is 1.38 bits per heavy atom. The Kier molecular flexibility index (Phi) is 2.81. The number of fused-ring (bicyclic) bond motifs is 2. The van der Waals surface area contributed by atoms with Crippen LogP contribution in [0.3, 0.4) is 0 Å². The molecule has 2 aromatic heterocycles. The van der Waals surface area contributed by atoms with Gasteiger partial charge in [0.15, 0.2) is 5.65 Å². The average Bonchev–Trinajstić information content (AvgIpc) is 3.07. The van der Waals surface area contributed by atoms with E-state index in [1.807, 2.05) is 23.9 Å². The molecular formula is C14H13N5OS. The lowest BCUT2D eigenvalue weighted by atomic mass is 10.0. The van der Waals surface area contributed by atoms with E-state index in [2.05, 4.69) is 27.5 Å². The molecule has 0 spiro atoms. The third kappa shape index (κ3) is 1.96. The van der Waals surface area contributed by atoms with Crippen molar-refractivity contribution in [3.8, 4) is 0 Å². The van der Waals surface area contributed by atoms with Gasteiger partial charge in [-0.3, -0.25) is 4.79 Å². The second-order valence-corrected chi connectivity index (χ2v) is 6.19. The highest BCUT2D eigenvalue weighted by molar-refractivity contribution is 7.99. The number of hydrogen-bond donors (Lipinski definition) is 0. The smallest absolute Gasteiger partial charge is 0.267 e. The quantitative estimate of drug-likeness (QED) is 0.716. The number of rotatable bonds is 2. The van der Waals surface area contributed by atoms with Gasteiger partial charge in [-0.25, -0.2) is 9.36 Å². The summed E-state index contributed by atoms with van der Waals surface area (Å²) in [6.07, 6.45) is 1.56. The molecule has 0 fully saturated rings. The minimum Gasteiger partial charge on any atom is -0.267 e. The monoisotopic (exact) mass is 299 g/mol. The molecule has 21 heavy (non-hydrogen) atoms. The summed E-state index contributed by atoms with van der Waals surface area (Å²) in [5, 5.41) is 12.7. The second-order valence-electron chi connectivity index (χ2n) is 5.13. The van der Waals surface area contributed by atoms with E-state index in [1.165, 1.54) is 15.1 Å². The van der Waals surface area contributed by atoms with Crippen LogP contribution in [0.15, 0.2) is 40.2 Å². The van der Waals surface area contributed by atoms with Crippen LogP contribution in [0, 0.1) is 0 Å². The van der Waals surface area contributed by atoms with Crippen molar-refractivity contribution in [2.75, 3.05) is 5.75 Å². The van der Waals surface area contributed by atoms with Gasteiger partial charge < -0.3 is 0 Å². The van der Waals surface area contributed by atoms with Crippen molar-refractivity contribution < 1.29 is 0 Å². The maximum Gasteiger partial charge on any atom is 0.280 e. The van der Waals surface area contributed by atoms with Gasteiger partial charge in [0.2, 0.25) is 0 Å². The summed E-state index contributed by atoms with van der Waals surface area (Å²) < 4.78 is 3.02. The molecule has 0 saturated carbocycles. The van der Waals surface area contributed by atoms with Crippen LogP contribution in [0.25, 0.3) is 11.0 Å². The fourth-order valence-electron chi connectivity index (χ4n) is 2.69. The summed E-state index contributed by atoms with van der Waals surface area (Å²) in [7, 11) is 1.75. The highest BCUT2D eigenvalue weighted by Gasteiger charge is 2.24. The van der Waals surface area contributed by atoms with E-state index in [0.717, 1.165) is 5.75 Å². The molecule has 1 aliphatic rings. The zero-order valence-electron chi connectivity index (χ0n) is 11.4. The maximum atomic E-state index is 12.4. The number of hydrogen-bond acceptors (Lipinski definition) is 5. The van der Waals surface area contributed by atoms with Gasteiger partial charge in [0, 0.05) is 23.6 Å². The second kappa shape index (κ2) is 4.70. The Morgan fingerprint density at radius 3 is 3.14 bits per heavy atom. The number of aryl methyl sites for hydroxylation is 1. The fraction of sp³-hybridized carbons (Fsp3) is 0.286. The maximum absolute atomic E-state index is 12.4. The average molecular weight is 299 g/mol. The van der Waals surface area contributed by atoms with E-state index in [0.29, 0.717) is 23.5 Å². The Hall–Kier alpha value is -2.15. The molecule has 1 atom stereocenters. The van der Waals surface area contributed by atoms with E-state index in [4.69, 9.17) is 0 Å². The highest BCUT2D eigenvalue weighted by Crippen LogP contribution is 2.39. The van der Waals surface area contributed by atoms with Gasteiger partial charge in [-0.1, -0.05) is 23.4 Å². The minimum absolute atomic E-state index is 0.123. The molecule has 7 heteroatoms. The van der Waals surface area contributed by atoms with Crippen LogP contribution in [0.2, 0.25) is 0 Å². The molecule has 0 amide bonds. The third-order valence-electron chi connectivity index (χ3n) is 3.81. The van der Waals surface area contributed by atoms with E-state index in [1.54, 1.807) is 17.9 Å². The molecule has 3 aromatic rings. The van der Waals surface area contributed by atoms with Crippen molar-refractivity contribution >= 4 is 22.8 Å². The zero-order valence-corrected chi connectivity index (χ0v) is 12.2. The lowest BCUT2D eigenvalue weighted by molar-refractivity contribution is 0.500. The molecule has 106 valence electrons. The first-order valence-electron chi connectivity index (χ1n) is 6.71. The van der Waals surface area contributed by atoms with Crippen LogP contribution in [-0.4, -0.2) is 30.5 Å². The van der Waals surface area contributed by atoms with Gasteiger partial charge in [-0.15, -0.1) is 16.9 Å². The van der Waals surface area contributed by atoms with E-state index in [9.17, 15) is 4.79 Å². The molecule has 0 saturated heterocycles. The minimum atomic E-state index is -0.123.